The van der Waals surface area contributed by atoms with E-state index >= 15 is 0 Å². The predicted molar refractivity (Wildman–Crippen MR) is 130 cm³/mol. The number of para-hydroxylation sites is 1. The zero-order chi connectivity index (χ0) is 21.7. The van der Waals surface area contributed by atoms with Crippen LogP contribution in [0.1, 0.15) is 19.4 Å². The van der Waals surface area contributed by atoms with Crippen LogP contribution in [0, 0.1) is 0 Å². The summed E-state index contributed by atoms with van der Waals surface area (Å²) in [6, 6.07) is 14.7. The van der Waals surface area contributed by atoms with Gasteiger partial charge in [-0.2, -0.15) is 0 Å². The fraction of sp³-hybridized carbons (Fsp3) is 0.364. The van der Waals surface area contributed by atoms with Crippen LogP contribution in [0.5, 0.6) is 0 Å². The largest absolute Gasteiger partial charge is 0.302 e. The molecule has 0 N–H and O–H groups in total. The van der Waals surface area contributed by atoms with Gasteiger partial charge in [0.15, 0.2) is 15.0 Å². The normalized spacial score (nSPS) is 11.5. The third-order valence-electron chi connectivity index (χ3n) is 5.03. The van der Waals surface area contributed by atoms with Gasteiger partial charge in [0.2, 0.25) is 5.91 Å². The molecule has 1 amide bonds. The Bertz CT molecular complexity index is 1110. The van der Waals surface area contributed by atoms with Gasteiger partial charge >= 0.3 is 0 Å². The fourth-order valence-corrected chi connectivity index (χ4v) is 5.23. The summed E-state index contributed by atoms with van der Waals surface area (Å²) in [5.74, 6) is -0.0479. The summed E-state index contributed by atoms with van der Waals surface area (Å²) in [5.41, 5.74) is 1.37. The Hall–Kier alpha value is -2.00. The Kier molecular flexibility index (Phi) is 9.00. The molecule has 2 aromatic carbocycles. The molecule has 168 valence electrons. The smallest absolute Gasteiger partial charge is 0.233 e. The number of thiazole rings is 1. The van der Waals surface area contributed by atoms with Crippen LogP contribution in [-0.2, 0) is 21.1 Å². The maximum atomic E-state index is 13.2. The van der Waals surface area contributed by atoms with E-state index in [9.17, 15) is 13.2 Å². The molecule has 0 aliphatic rings. The van der Waals surface area contributed by atoms with Crippen molar-refractivity contribution in [2.75, 3.05) is 37.3 Å². The third-order valence-corrected chi connectivity index (χ3v) is 7.21. The molecular weight excluding hydrogens is 454 g/mol. The zero-order valence-corrected chi connectivity index (χ0v) is 20.4. The van der Waals surface area contributed by atoms with Crippen molar-refractivity contribution in [2.24, 2.45) is 0 Å². The van der Waals surface area contributed by atoms with E-state index in [0.29, 0.717) is 17.2 Å². The molecule has 1 aromatic heterocycles. The standard InChI is InChI=1S/C22H27N3O3S2.ClH/c1-4-24(5-2)14-15-25(20(26)16-17-10-7-6-8-11-17)22-23-21-18(29-22)12-9-13-19(21)30(3,27)28;/h6-13H,4-5,14-16H2,1-3H3;1H. The number of halogens is 1. The highest BCUT2D eigenvalue weighted by Crippen LogP contribution is 2.33. The lowest BCUT2D eigenvalue weighted by Crippen LogP contribution is -2.39. The SMILES string of the molecule is CCN(CC)CCN(C(=O)Cc1ccccc1)c1nc2c(S(C)(=O)=O)cccc2s1.Cl. The lowest BCUT2D eigenvalue weighted by atomic mass is 10.1. The highest BCUT2D eigenvalue weighted by Gasteiger charge is 2.23. The van der Waals surface area contributed by atoms with E-state index < -0.39 is 9.84 Å². The number of fused-ring (bicyclic) bond motifs is 1. The Balaban J connectivity index is 0.00000341. The second kappa shape index (κ2) is 11.0. The molecule has 0 atom stereocenters. The van der Waals surface area contributed by atoms with E-state index in [2.05, 4.69) is 23.7 Å². The maximum Gasteiger partial charge on any atom is 0.233 e. The topological polar surface area (TPSA) is 70.6 Å². The maximum absolute atomic E-state index is 13.2. The number of carbonyl (C=O) groups excluding carboxylic acids is 1. The van der Waals surface area contributed by atoms with Crippen LogP contribution < -0.4 is 4.90 Å². The van der Waals surface area contributed by atoms with Crippen molar-refractivity contribution in [3.63, 3.8) is 0 Å². The van der Waals surface area contributed by atoms with Crippen molar-refractivity contribution in [3.05, 3.63) is 54.1 Å². The zero-order valence-electron chi connectivity index (χ0n) is 17.9. The fourth-order valence-electron chi connectivity index (χ4n) is 3.30. The van der Waals surface area contributed by atoms with Crippen LogP contribution >= 0.6 is 23.7 Å². The minimum Gasteiger partial charge on any atom is -0.302 e. The molecule has 0 aliphatic carbocycles. The number of hydrogen-bond donors (Lipinski definition) is 0. The second-order valence-electron chi connectivity index (χ2n) is 7.11. The van der Waals surface area contributed by atoms with Gasteiger partial charge in [-0.3, -0.25) is 9.69 Å². The van der Waals surface area contributed by atoms with Crippen LogP contribution in [0.15, 0.2) is 53.4 Å². The summed E-state index contributed by atoms with van der Waals surface area (Å²) < 4.78 is 25.1. The van der Waals surface area contributed by atoms with Crippen molar-refractivity contribution in [1.82, 2.24) is 9.88 Å². The minimum absolute atomic E-state index is 0. The lowest BCUT2D eigenvalue weighted by molar-refractivity contribution is -0.118. The van der Waals surface area contributed by atoms with Gasteiger partial charge in [-0.05, 0) is 30.8 Å². The van der Waals surface area contributed by atoms with Crippen molar-refractivity contribution < 1.29 is 13.2 Å². The number of anilines is 1. The van der Waals surface area contributed by atoms with E-state index in [1.807, 2.05) is 36.4 Å². The van der Waals surface area contributed by atoms with Gasteiger partial charge in [0.25, 0.3) is 0 Å². The van der Waals surface area contributed by atoms with Gasteiger partial charge in [0.05, 0.1) is 16.0 Å². The third kappa shape index (κ3) is 6.26. The van der Waals surface area contributed by atoms with E-state index in [0.717, 1.165) is 29.9 Å². The molecule has 0 unspecified atom stereocenters. The summed E-state index contributed by atoms with van der Waals surface area (Å²) in [4.78, 5) is 22.0. The van der Waals surface area contributed by atoms with Crippen molar-refractivity contribution in [2.45, 2.75) is 25.2 Å². The minimum atomic E-state index is -3.41. The lowest BCUT2D eigenvalue weighted by Gasteiger charge is -2.24. The highest BCUT2D eigenvalue weighted by molar-refractivity contribution is 7.91. The molecule has 0 bridgehead atoms. The highest BCUT2D eigenvalue weighted by atomic mass is 35.5. The number of hydrogen-bond acceptors (Lipinski definition) is 6. The van der Waals surface area contributed by atoms with Crippen molar-refractivity contribution in [3.8, 4) is 0 Å². The summed E-state index contributed by atoms with van der Waals surface area (Å²) in [5, 5.41) is 0.536. The molecular formula is C22H28ClN3O3S2. The van der Waals surface area contributed by atoms with Gasteiger partial charge in [0, 0.05) is 19.3 Å². The molecule has 0 saturated carbocycles. The average Bonchev–Trinajstić information content (AvgIpc) is 3.14. The molecule has 0 radical (unpaired) electrons. The first-order valence-electron chi connectivity index (χ1n) is 9.99. The van der Waals surface area contributed by atoms with Gasteiger partial charge in [-0.15, -0.1) is 12.4 Å². The molecule has 6 nitrogen and oxygen atoms in total. The van der Waals surface area contributed by atoms with Crippen molar-refractivity contribution >= 4 is 54.8 Å². The Labute approximate surface area is 194 Å². The second-order valence-corrected chi connectivity index (χ2v) is 10.1. The predicted octanol–water partition coefficient (Wildman–Crippen LogP) is 4.04. The quantitative estimate of drug-likeness (QED) is 0.461. The van der Waals surface area contributed by atoms with E-state index in [-0.39, 0.29) is 29.6 Å². The summed E-state index contributed by atoms with van der Waals surface area (Å²) >= 11 is 1.35. The summed E-state index contributed by atoms with van der Waals surface area (Å²) in [7, 11) is -3.41. The van der Waals surface area contributed by atoms with E-state index in [1.165, 1.54) is 17.6 Å². The Morgan fingerprint density at radius 2 is 1.68 bits per heavy atom. The molecule has 0 spiro atoms. The van der Waals surface area contributed by atoms with Gasteiger partial charge in [-0.1, -0.05) is 61.6 Å². The van der Waals surface area contributed by atoms with E-state index in [1.54, 1.807) is 17.0 Å². The number of likely N-dealkylation sites (N-methyl/N-ethyl adjacent to an activating group) is 1. The number of sulfone groups is 1. The molecule has 9 heteroatoms. The number of nitrogens with zero attached hydrogens (tertiary/aromatic N) is 3. The number of carbonyl (C=O) groups is 1. The molecule has 3 aromatic rings. The first-order chi connectivity index (χ1) is 14.3. The van der Waals surface area contributed by atoms with Gasteiger partial charge < -0.3 is 4.90 Å². The molecule has 0 fully saturated rings. The van der Waals surface area contributed by atoms with Gasteiger partial charge in [0.1, 0.15) is 5.52 Å². The molecule has 31 heavy (non-hydrogen) atoms. The number of rotatable bonds is 9. The monoisotopic (exact) mass is 481 g/mol. The van der Waals surface area contributed by atoms with Crippen LogP contribution in [0.3, 0.4) is 0 Å². The molecule has 0 aliphatic heterocycles. The van der Waals surface area contributed by atoms with Crippen LogP contribution in [0.2, 0.25) is 0 Å². The van der Waals surface area contributed by atoms with Crippen LogP contribution in [-0.4, -0.2) is 56.6 Å². The summed E-state index contributed by atoms with van der Waals surface area (Å²) in [6.45, 7) is 7.21. The Morgan fingerprint density at radius 1 is 1.00 bits per heavy atom. The van der Waals surface area contributed by atoms with Crippen LogP contribution in [0.25, 0.3) is 10.2 Å². The first kappa shape index (κ1) is 25.3. The van der Waals surface area contributed by atoms with Crippen LogP contribution in [0.4, 0.5) is 5.13 Å². The molecule has 0 saturated heterocycles. The number of aromatic nitrogens is 1. The van der Waals surface area contributed by atoms with Gasteiger partial charge in [-0.25, -0.2) is 13.4 Å². The average molecular weight is 482 g/mol. The van der Waals surface area contributed by atoms with E-state index in [4.69, 9.17) is 0 Å². The first-order valence-corrected chi connectivity index (χ1v) is 12.7. The summed E-state index contributed by atoms with van der Waals surface area (Å²) in [6.07, 6.45) is 1.45. The Morgan fingerprint density at radius 3 is 2.29 bits per heavy atom. The molecule has 1 heterocycles. The molecule has 3 rings (SSSR count). The number of amides is 1. The number of benzene rings is 2. The van der Waals surface area contributed by atoms with Crippen molar-refractivity contribution in [1.29, 1.82) is 0 Å².